The average Bonchev–Trinajstić information content (AvgIpc) is 3.16. The minimum atomic E-state index is -0.183. The molecule has 1 aromatic rings. The highest BCUT2D eigenvalue weighted by molar-refractivity contribution is 9.10. The monoisotopic (exact) mass is 339 g/mol. The largest absolute Gasteiger partial charge is 0.376 e. The van der Waals surface area contributed by atoms with Crippen molar-refractivity contribution >= 4 is 27.6 Å². The van der Waals surface area contributed by atoms with Crippen LogP contribution in [0.1, 0.15) is 25.0 Å². The quantitative estimate of drug-likeness (QED) is 0.889. The van der Waals surface area contributed by atoms with E-state index in [0.29, 0.717) is 5.92 Å². The molecule has 2 heterocycles. The summed E-state index contributed by atoms with van der Waals surface area (Å²) in [6.07, 6.45) is 5.22. The molecular formula is C14H18BrN3O2. The Balaban J connectivity index is 1.60. The van der Waals surface area contributed by atoms with Gasteiger partial charge in [-0.2, -0.15) is 0 Å². The topological polar surface area (TPSA) is 63.2 Å². The van der Waals surface area contributed by atoms with E-state index in [0.717, 1.165) is 28.9 Å². The van der Waals surface area contributed by atoms with Gasteiger partial charge in [0.15, 0.2) is 0 Å². The Hall–Kier alpha value is -1.14. The summed E-state index contributed by atoms with van der Waals surface area (Å²) >= 11 is 3.44. The number of hydrogen-bond acceptors (Lipinski definition) is 3. The molecule has 2 amide bonds. The van der Waals surface area contributed by atoms with Gasteiger partial charge in [-0.1, -0.05) is 0 Å². The number of pyridine rings is 1. The van der Waals surface area contributed by atoms with Gasteiger partial charge >= 0.3 is 6.03 Å². The average molecular weight is 340 g/mol. The van der Waals surface area contributed by atoms with Gasteiger partial charge in [0.2, 0.25) is 0 Å². The molecule has 0 aromatic carbocycles. The maximum Gasteiger partial charge on any atom is 0.319 e. The van der Waals surface area contributed by atoms with E-state index in [1.807, 2.05) is 6.92 Å². The summed E-state index contributed by atoms with van der Waals surface area (Å²) in [5, 5.41) is 5.89. The first-order chi connectivity index (χ1) is 9.65. The summed E-state index contributed by atoms with van der Waals surface area (Å²) in [7, 11) is 0. The SMILES string of the molecule is Cc1nccc(NC(=O)N[C@@H]2CCO[C@H]2C2CC2)c1Br. The summed E-state index contributed by atoms with van der Waals surface area (Å²) in [5.41, 5.74) is 1.58. The third-order valence-corrected chi connectivity index (χ3v) is 4.85. The Morgan fingerprint density at radius 2 is 2.25 bits per heavy atom. The van der Waals surface area contributed by atoms with Gasteiger partial charge < -0.3 is 15.4 Å². The molecule has 1 aliphatic carbocycles. The van der Waals surface area contributed by atoms with Crippen LogP contribution in [0.25, 0.3) is 0 Å². The first-order valence-corrected chi connectivity index (χ1v) is 7.74. The van der Waals surface area contributed by atoms with Crippen molar-refractivity contribution < 1.29 is 9.53 Å². The molecule has 0 bridgehead atoms. The zero-order valence-electron chi connectivity index (χ0n) is 11.4. The van der Waals surface area contributed by atoms with Crippen molar-refractivity contribution in [2.75, 3.05) is 11.9 Å². The Kier molecular flexibility index (Phi) is 3.94. The van der Waals surface area contributed by atoms with E-state index in [2.05, 4.69) is 31.5 Å². The van der Waals surface area contributed by atoms with Gasteiger partial charge in [-0.25, -0.2) is 4.79 Å². The number of hydrogen-bond donors (Lipinski definition) is 2. The third-order valence-electron chi connectivity index (χ3n) is 3.85. The molecule has 108 valence electrons. The zero-order chi connectivity index (χ0) is 14.1. The molecule has 3 rings (SSSR count). The second kappa shape index (κ2) is 5.69. The normalized spacial score (nSPS) is 25.5. The van der Waals surface area contributed by atoms with Gasteiger partial charge in [0.25, 0.3) is 0 Å². The van der Waals surface area contributed by atoms with Crippen LogP contribution in [0.15, 0.2) is 16.7 Å². The summed E-state index contributed by atoms with van der Waals surface area (Å²) in [4.78, 5) is 16.3. The van der Waals surface area contributed by atoms with E-state index >= 15 is 0 Å². The van der Waals surface area contributed by atoms with Gasteiger partial charge in [0.05, 0.1) is 28.0 Å². The number of carbonyl (C=O) groups is 1. The number of nitrogens with one attached hydrogen (secondary N) is 2. The number of urea groups is 1. The Morgan fingerprint density at radius 3 is 3.00 bits per heavy atom. The Morgan fingerprint density at radius 1 is 1.45 bits per heavy atom. The molecule has 1 saturated heterocycles. The van der Waals surface area contributed by atoms with Crippen LogP contribution in [0.4, 0.5) is 10.5 Å². The number of amides is 2. The molecule has 1 aromatic heterocycles. The molecule has 5 nitrogen and oxygen atoms in total. The molecule has 2 atom stereocenters. The molecule has 2 N–H and O–H groups in total. The predicted molar refractivity (Wildman–Crippen MR) is 79.7 cm³/mol. The first-order valence-electron chi connectivity index (χ1n) is 6.95. The molecule has 2 fully saturated rings. The lowest BCUT2D eigenvalue weighted by molar-refractivity contribution is 0.0829. The zero-order valence-corrected chi connectivity index (χ0v) is 12.9. The van der Waals surface area contributed by atoms with Crippen molar-refractivity contribution in [3.8, 4) is 0 Å². The summed E-state index contributed by atoms with van der Waals surface area (Å²) < 4.78 is 6.54. The van der Waals surface area contributed by atoms with Gasteiger partial charge in [-0.05, 0) is 54.1 Å². The summed E-state index contributed by atoms with van der Waals surface area (Å²) in [5.74, 6) is 0.637. The van der Waals surface area contributed by atoms with Crippen LogP contribution < -0.4 is 10.6 Å². The lowest BCUT2D eigenvalue weighted by atomic mass is 10.1. The second-order valence-electron chi connectivity index (χ2n) is 5.42. The number of halogens is 1. The van der Waals surface area contributed by atoms with Crippen LogP contribution >= 0.6 is 15.9 Å². The molecule has 20 heavy (non-hydrogen) atoms. The number of aryl methyl sites for hydroxylation is 1. The molecule has 2 aliphatic rings. The predicted octanol–water partition coefficient (Wildman–Crippen LogP) is 2.84. The smallest absolute Gasteiger partial charge is 0.319 e. The number of ether oxygens (including phenoxy) is 1. The van der Waals surface area contributed by atoms with Crippen molar-refractivity contribution in [1.29, 1.82) is 0 Å². The number of nitrogens with zero attached hydrogens (tertiary/aromatic N) is 1. The van der Waals surface area contributed by atoms with Crippen molar-refractivity contribution in [2.24, 2.45) is 5.92 Å². The van der Waals surface area contributed by atoms with E-state index in [1.165, 1.54) is 12.8 Å². The van der Waals surface area contributed by atoms with Crippen LogP contribution in [-0.4, -0.2) is 29.8 Å². The number of aromatic nitrogens is 1. The minimum Gasteiger partial charge on any atom is -0.376 e. The summed E-state index contributed by atoms with van der Waals surface area (Å²) in [6, 6.07) is 1.72. The fourth-order valence-electron chi connectivity index (χ4n) is 2.63. The van der Waals surface area contributed by atoms with Gasteiger partial charge in [0.1, 0.15) is 0 Å². The van der Waals surface area contributed by atoms with Gasteiger partial charge in [0, 0.05) is 12.8 Å². The summed E-state index contributed by atoms with van der Waals surface area (Å²) in [6.45, 7) is 2.63. The van der Waals surface area contributed by atoms with Crippen LogP contribution in [0.5, 0.6) is 0 Å². The lowest BCUT2D eigenvalue weighted by Gasteiger charge is -2.20. The maximum absolute atomic E-state index is 12.1. The third kappa shape index (κ3) is 2.96. The first kappa shape index (κ1) is 13.8. The highest BCUT2D eigenvalue weighted by atomic mass is 79.9. The Bertz CT molecular complexity index is 519. The minimum absolute atomic E-state index is 0.129. The van der Waals surface area contributed by atoms with E-state index in [4.69, 9.17) is 4.74 Å². The van der Waals surface area contributed by atoms with Crippen molar-refractivity contribution in [3.63, 3.8) is 0 Å². The number of anilines is 1. The fourth-order valence-corrected chi connectivity index (χ4v) is 2.96. The van der Waals surface area contributed by atoms with E-state index in [9.17, 15) is 4.79 Å². The van der Waals surface area contributed by atoms with Crippen molar-refractivity contribution in [1.82, 2.24) is 10.3 Å². The number of carbonyl (C=O) groups excluding carboxylic acids is 1. The van der Waals surface area contributed by atoms with Crippen molar-refractivity contribution in [2.45, 2.75) is 38.3 Å². The molecular weight excluding hydrogens is 322 g/mol. The number of rotatable bonds is 3. The van der Waals surface area contributed by atoms with Crippen molar-refractivity contribution in [3.05, 3.63) is 22.4 Å². The van der Waals surface area contributed by atoms with Crippen LogP contribution in [0.3, 0.4) is 0 Å². The standard InChI is InChI=1S/C14H18BrN3O2/c1-8-12(15)10(4-6-16-8)17-14(19)18-11-5-7-20-13(11)9-2-3-9/h4,6,9,11,13H,2-3,5,7H2,1H3,(H2,16,17,18,19)/t11-,13+/m1/s1. The van der Waals surface area contributed by atoms with E-state index in [-0.39, 0.29) is 18.2 Å². The molecule has 6 heteroatoms. The Labute approximate surface area is 126 Å². The van der Waals surface area contributed by atoms with Crippen LogP contribution in [-0.2, 0) is 4.74 Å². The maximum atomic E-state index is 12.1. The van der Waals surface area contributed by atoms with Gasteiger partial charge in [-0.15, -0.1) is 0 Å². The molecule has 0 radical (unpaired) electrons. The second-order valence-corrected chi connectivity index (χ2v) is 6.22. The molecule has 1 saturated carbocycles. The van der Waals surface area contributed by atoms with E-state index in [1.54, 1.807) is 12.3 Å². The lowest BCUT2D eigenvalue weighted by Crippen LogP contribution is -2.43. The molecule has 0 unspecified atom stereocenters. The van der Waals surface area contributed by atoms with Crippen LogP contribution in [0, 0.1) is 12.8 Å². The van der Waals surface area contributed by atoms with Crippen LogP contribution in [0.2, 0.25) is 0 Å². The highest BCUT2D eigenvalue weighted by Crippen LogP contribution is 2.38. The molecule has 1 aliphatic heterocycles. The molecule has 0 spiro atoms. The van der Waals surface area contributed by atoms with E-state index < -0.39 is 0 Å². The fraction of sp³-hybridized carbons (Fsp3) is 0.571. The van der Waals surface area contributed by atoms with Gasteiger partial charge in [-0.3, -0.25) is 4.98 Å². The highest BCUT2D eigenvalue weighted by Gasteiger charge is 2.41.